The lowest BCUT2D eigenvalue weighted by atomic mass is 10.1. The molecule has 1 amide bonds. The second-order valence-corrected chi connectivity index (χ2v) is 5.25. The van der Waals surface area contributed by atoms with Gasteiger partial charge in [-0.2, -0.15) is 5.26 Å². The summed E-state index contributed by atoms with van der Waals surface area (Å²) in [6.07, 6.45) is 2.20. The van der Waals surface area contributed by atoms with Crippen molar-refractivity contribution in [1.82, 2.24) is 0 Å². The molecule has 0 aromatic heterocycles. The Morgan fingerprint density at radius 2 is 2.09 bits per heavy atom. The van der Waals surface area contributed by atoms with Crippen molar-refractivity contribution < 1.29 is 9.90 Å². The highest BCUT2D eigenvalue weighted by Crippen LogP contribution is 2.25. The standard InChI is InChI=1S/C18H15ClN2O2/c1-2-13-5-3-4-6-16(13)21-18(23)14(11-20)9-12-7-8-17(22)15(19)10-12/h3-10,22H,2H2,1H3,(H,21,23)/b14-9-. The SMILES string of the molecule is CCc1ccccc1NC(=O)/C(C#N)=C\c1ccc(O)c(Cl)c1. The molecule has 0 aliphatic rings. The van der Waals surface area contributed by atoms with E-state index in [-0.39, 0.29) is 16.3 Å². The first-order chi connectivity index (χ1) is 11.0. The van der Waals surface area contributed by atoms with E-state index in [4.69, 9.17) is 11.6 Å². The molecule has 0 unspecified atom stereocenters. The van der Waals surface area contributed by atoms with Gasteiger partial charge < -0.3 is 10.4 Å². The first-order valence-electron chi connectivity index (χ1n) is 7.04. The zero-order chi connectivity index (χ0) is 16.8. The van der Waals surface area contributed by atoms with E-state index in [9.17, 15) is 15.2 Å². The number of hydrogen-bond acceptors (Lipinski definition) is 3. The number of phenols is 1. The first-order valence-corrected chi connectivity index (χ1v) is 7.42. The number of para-hydroxylation sites is 1. The van der Waals surface area contributed by atoms with E-state index in [0.717, 1.165) is 12.0 Å². The minimum Gasteiger partial charge on any atom is -0.506 e. The average molecular weight is 327 g/mol. The molecule has 2 N–H and O–H groups in total. The van der Waals surface area contributed by atoms with Crippen LogP contribution < -0.4 is 5.32 Å². The number of carbonyl (C=O) groups is 1. The molecular weight excluding hydrogens is 312 g/mol. The maximum atomic E-state index is 12.3. The first kappa shape index (κ1) is 16.6. The summed E-state index contributed by atoms with van der Waals surface area (Å²) in [6, 6.07) is 13.8. The number of nitrogens with one attached hydrogen (secondary N) is 1. The second kappa shape index (κ2) is 7.48. The summed E-state index contributed by atoms with van der Waals surface area (Å²) in [5.41, 5.74) is 2.19. The lowest BCUT2D eigenvalue weighted by Crippen LogP contribution is -2.14. The molecule has 0 aliphatic heterocycles. The normalized spacial score (nSPS) is 10.9. The molecule has 0 bridgehead atoms. The fourth-order valence-electron chi connectivity index (χ4n) is 2.07. The third-order valence-electron chi connectivity index (χ3n) is 3.29. The number of carbonyl (C=O) groups excluding carboxylic acids is 1. The van der Waals surface area contributed by atoms with Crippen LogP contribution in [-0.4, -0.2) is 11.0 Å². The monoisotopic (exact) mass is 326 g/mol. The quantitative estimate of drug-likeness (QED) is 0.654. The van der Waals surface area contributed by atoms with Gasteiger partial charge in [0.1, 0.15) is 17.4 Å². The van der Waals surface area contributed by atoms with E-state index in [0.29, 0.717) is 11.3 Å². The van der Waals surface area contributed by atoms with Crippen LogP contribution in [0.5, 0.6) is 5.75 Å². The topological polar surface area (TPSA) is 73.1 Å². The van der Waals surface area contributed by atoms with Crippen molar-refractivity contribution in [3.8, 4) is 11.8 Å². The third kappa shape index (κ3) is 4.12. The number of aryl methyl sites for hydroxylation is 1. The van der Waals surface area contributed by atoms with Crippen molar-refractivity contribution in [3.05, 3.63) is 64.2 Å². The molecule has 5 heteroatoms. The number of benzene rings is 2. The molecule has 4 nitrogen and oxygen atoms in total. The van der Waals surface area contributed by atoms with Gasteiger partial charge in [0.25, 0.3) is 5.91 Å². The molecular formula is C18H15ClN2O2. The highest BCUT2D eigenvalue weighted by molar-refractivity contribution is 6.32. The van der Waals surface area contributed by atoms with Gasteiger partial charge in [-0.1, -0.05) is 42.8 Å². The van der Waals surface area contributed by atoms with Crippen molar-refractivity contribution in [2.24, 2.45) is 0 Å². The third-order valence-corrected chi connectivity index (χ3v) is 3.60. The van der Waals surface area contributed by atoms with Gasteiger partial charge in [0, 0.05) is 5.69 Å². The zero-order valence-electron chi connectivity index (χ0n) is 12.5. The smallest absolute Gasteiger partial charge is 0.266 e. The Morgan fingerprint density at radius 1 is 1.35 bits per heavy atom. The Kier molecular flexibility index (Phi) is 5.40. The molecule has 0 saturated heterocycles. The number of hydrogen-bond donors (Lipinski definition) is 2. The van der Waals surface area contributed by atoms with Crippen molar-refractivity contribution in [3.63, 3.8) is 0 Å². The van der Waals surface area contributed by atoms with Crippen LogP contribution in [0.1, 0.15) is 18.1 Å². The van der Waals surface area contributed by atoms with Gasteiger partial charge in [0.15, 0.2) is 0 Å². The number of nitriles is 1. The summed E-state index contributed by atoms with van der Waals surface area (Å²) in [6.45, 7) is 1.99. The molecule has 0 fully saturated rings. The van der Waals surface area contributed by atoms with Crippen molar-refractivity contribution in [1.29, 1.82) is 5.26 Å². The Hall–Kier alpha value is -2.77. The minimum absolute atomic E-state index is 0.0438. The number of aromatic hydroxyl groups is 1. The van der Waals surface area contributed by atoms with Gasteiger partial charge in [-0.25, -0.2) is 0 Å². The van der Waals surface area contributed by atoms with Crippen LogP contribution in [0.3, 0.4) is 0 Å². The molecule has 2 aromatic rings. The van der Waals surface area contributed by atoms with Crippen LogP contribution in [0.15, 0.2) is 48.0 Å². The van der Waals surface area contributed by atoms with E-state index in [2.05, 4.69) is 5.32 Å². The number of nitrogens with zero attached hydrogens (tertiary/aromatic N) is 1. The average Bonchev–Trinajstić information content (AvgIpc) is 2.56. The highest BCUT2D eigenvalue weighted by atomic mass is 35.5. The Labute approximate surface area is 139 Å². The Morgan fingerprint density at radius 3 is 2.74 bits per heavy atom. The number of rotatable bonds is 4. The minimum atomic E-state index is -0.488. The molecule has 0 radical (unpaired) electrons. The molecule has 116 valence electrons. The predicted octanol–water partition coefficient (Wildman–Crippen LogP) is 4.15. The molecule has 0 heterocycles. The van der Waals surface area contributed by atoms with Crippen LogP contribution in [0, 0.1) is 11.3 Å². The van der Waals surface area contributed by atoms with E-state index in [1.54, 1.807) is 12.1 Å². The van der Waals surface area contributed by atoms with E-state index in [1.165, 1.54) is 18.2 Å². The molecule has 0 atom stereocenters. The van der Waals surface area contributed by atoms with Gasteiger partial charge in [-0.15, -0.1) is 0 Å². The van der Waals surface area contributed by atoms with Crippen LogP contribution in [0.4, 0.5) is 5.69 Å². The Bertz CT molecular complexity index is 807. The lowest BCUT2D eigenvalue weighted by molar-refractivity contribution is -0.112. The zero-order valence-corrected chi connectivity index (χ0v) is 13.3. The van der Waals surface area contributed by atoms with Crippen LogP contribution in [0.2, 0.25) is 5.02 Å². The van der Waals surface area contributed by atoms with Crippen LogP contribution in [-0.2, 0) is 11.2 Å². The summed E-state index contributed by atoms with van der Waals surface area (Å²) in [7, 11) is 0. The van der Waals surface area contributed by atoms with E-state index in [1.807, 2.05) is 31.2 Å². The van der Waals surface area contributed by atoms with Gasteiger partial charge in [-0.3, -0.25) is 4.79 Å². The van der Waals surface area contributed by atoms with E-state index >= 15 is 0 Å². The van der Waals surface area contributed by atoms with Crippen LogP contribution >= 0.6 is 11.6 Å². The van der Waals surface area contributed by atoms with Crippen molar-refractivity contribution in [2.45, 2.75) is 13.3 Å². The molecule has 2 aromatic carbocycles. The number of halogens is 1. The van der Waals surface area contributed by atoms with Gasteiger partial charge in [0.2, 0.25) is 0 Å². The largest absolute Gasteiger partial charge is 0.506 e. The maximum absolute atomic E-state index is 12.3. The highest BCUT2D eigenvalue weighted by Gasteiger charge is 2.11. The van der Waals surface area contributed by atoms with Gasteiger partial charge >= 0.3 is 0 Å². The summed E-state index contributed by atoms with van der Waals surface area (Å²) in [5, 5.41) is 21.5. The van der Waals surface area contributed by atoms with Crippen LogP contribution in [0.25, 0.3) is 6.08 Å². The second-order valence-electron chi connectivity index (χ2n) is 4.85. The van der Waals surface area contributed by atoms with Gasteiger partial charge in [-0.05, 0) is 41.8 Å². The van der Waals surface area contributed by atoms with E-state index < -0.39 is 5.91 Å². The molecule has 23 heavy (non-hydrogen) atoms. The summed E-state index contributed by atoms with van der Waals surface area (Å²) >= 11 is 5.83. The summed E-state index contributed by atoms with van der Waals surface area (Å²) in [4.78, 5) is 12.3. The van der Waals surface area contributed by atoms with Crippen molar-refractivity contribution in [2.75, 3.05) is 5.32 Å². The number of anilines is 1. The fraction of sp³-hybridized carbons (Fsp3) is 0.111. The number of amides is 1. The predicted molar refractivity (Wildman–Crippen MR) is 91.2 cm³/mol. The lowest BCUT2D eigenvalue weighted by Gasteiger charge is -2.09. The summed E-state index contributed by atoms with van der Waals surface area (Å²) < 4.78 is 0. The number of phenolic OH excluding ortho intramolecular Hbond substituents is 1. The Balaban J connectivity index is 2.26. The molecule has 0 aliphatic carbocycles. The van der Waals surface area contributed by atoms with Gasteiger partial charge in [0.05, 0.1) is 5.02 Å². The molecule has 2 rings (SSSR count). The molecule has 0 saturated carbocycles. The van der Waals surface area contributed by atoms with Crippen molar-refractivity contribution >= 4 is 29.3 Å². The maximum Gasteiger partial charge on any atom is 0.266 e. The fourth-order valence-corrected chi connectivity index (χ4v) is 2.26. The summed E-state index contributed by atoms with van der Waals surface area (Å²) in [5.74, 6) is -0.541. The molecule has 0 spiro atoms.